The predicted molar refractivity (Wildman–Crippen MR) is 78.0 cm³/mol. The van der Waals surface area contributed by atoms with Crippen LogP contribution in [0.3, 0.4) is 0 Å². The molecular formula is C14H21ClN2O2. The molecule has 1 fully saturated rings. The van der Waals surface area contributed by atoms with E-state index in [0.29, 0.717) is 12.1 Å². The summed E-state index contributed by atoms with van der Waals surface area (Å²) in [5.41, 5.74) is 6.26. The van der Waals surface area contributed by atoms with Gasteiger partial charge in [0.1, 0.15) is 5.75 Å². The van der Waals surface area contributed by atoms with Crippen molar-refractivity contribution in [3.63, 3.8) is 0 Å². The zero-order valence-electron chi connectivity index (χ0n) is 11.1. The van der Waals surface area contributed by atoms with Gasteiger partial charge in [0.05, 0.1) is 12.6 Å². The molecular weight excluding hydrogens is 264 g/mol. The monoisotopic (exact) mass is 284 g/mol. The van der Waals surface area contributed by atoms with Gasteiger partial charge in [0.25, 0.3) is 5.91 Å². The Labute approximate surface area is 120 Å². The highest BCUT2D eigenvalue weighted by Crippen LogP contribution is 2.29. The van der Waals surface area contributed by atoms with E-state index in [1.807, 2.05) is 0 Å². The predicted octanol–water partition coefficient (Wildman–Crippen LogP) is 2.12. The minimum Gasteiger partial charge on any atom is -0.497 e. The molecule has 1 aliphatic rings. The molecule has 1 saturated carbocycles. The molecule has 0 unspecified atom stereocenters. The Morgan fingerprint density at radius 2 is 1.89 bits per heavy atom. The van der Waals surface area contributed by atoms with Crippen molar-refractivity contribution in [3.05, 3.63) is 29.8 Å². The van der Waals surface area contributed by atoms with E-state index in [2.05, 4.69) is 5.32 Å². The van der Waals surface area contributed by atoms with Gasteiger partial charge in [-0.05, 0) is 37.1 Å². The van der Waals surface area contributed by atoms with Crippen LogP contribution in [0.2, 0.25) is 0 Å². The van der Waals surface area contributed by atoms with Gasteiger partial charge >= 0.3 is 0 Å². The van der Waals surface area contributed by atoms with Crippen LogP contribution in [0.5, 0.6) is 5.75 Å². The first kappa shape index (κ1) is 15.8. The molecule has 2 rings (SSSR count). The van der Waals surface area contributed by atoms with Crippen LogP contribution in [0.4, 0.5) is 0 Å². The summed E-state index contributed by atoms with van der Waals surface area (Å²) in [6.45, 7) is 0.509. The third kappa shape index (κ3) is 3.61. The van der Waals surface area contributed by atoms with Crippen molar-refractivity contribution < 1.29 is 9.53 Å². The zero-order valence-corrected chi connectivity index (χ0v) is 12.0. The lowest BCUT2D eigenvalue weighted by molar-refractivity contribution is 0.0903. The fourth-order valence-corrected chi connectivity index (χ4v) is 2.49. The van der Waals surface area contributed by atoms with E-state index in [0.717, 1.165) is 31.4 Å². The fourth-order valence-electron chi connectivity index (χ4n) is 2.49. The number of nitrogens with one attached hydrogen (secondary N) is 1. The summed E-state index contributed by atoms with van der Waals surface area (Å²) >= 11 is 0. The number of hydrogen-bond acceptors (Lipinski definition) is 3. The molecule has 5 heteroatoms. The Balaban J connectivity index is 0.00000180. The molecule has 3 N–H and O–H groups in total. The SMILES string of the molecule is COc1ccc(C(=O)NC2(CN)CCCC2)cc1.Cl. The molecule has 0 heterocycles. The van der Waals surface area contributed by atoms with E-state index in [4.69, 9.17) is 10.5 Å². The van der Waals surface area contributed by atoms with Crippen molar-refractivity contribution in [2.24, 2.45) is 5.73 Å². The maximum atomic E-state index is 12.2. The number of nitrogens with two attached hydrogens (primary N) is 1. The molecule has 0 bridgehead atoms. The van der Waals surface area contributed by atoms with Crippen LogP contribution in [0, 0.1) is 0 Å². The summed E-state index contributed by atoms with van der Waals surface area (Å²) in [6.07, 6.45) is 4.23. The first-order valence-electron chi connectivity index (χ1n) is 6.36. The minimum absolute atomic E-state index is 0. The summed E-state index contributed by atoms with van der Waals surface area (Å²) in [5, 5.41) is 3.09. The summed E-state index contributed by atoms with van der Waals surface area (Å²) < 4.78 is 5.07. The number of amides is 1. The summed E-state index contributed by atoms with van der Waals surface area (Å²) in [4.78, 5) is 12.2. The third-order valence-electron chi connectivity index (χ3n) is 3.68. The van der Waals surface area contributed by atoms with E-state index >= 15 is 0 Å². The Kier molecular flexibility index (Phi) is 5.63. The Bertz CT molecular complexity index is 414. The Morgan fingerprint density at radius 1 is 1.32 bits per heavy atom. The normalized spacial score (nSPS) is 16.5. The Hall–Kier alpha value is -1.26. The van der Waals surface area contributed by atoms with Crippen LogP contribution in [0.15, 0.2) is 24.3 Å². The van der Waals surface area contributed by atoms with Gasteiger partial charge in [-0.25, -0.2) is 0 Å². The standard InChI is InChI=1S/C14H20N2O2.ClH/c1-18-12-6-4-11(5-7-12)13(17)16-14(10-15)8-2-3-9-14;/h4-7H,2-3,8-10,15H2,1H3,(H,16,17);1H. The molecule has 1 aromatic rings. The van der Waals surface area contributed by atoms with Crippen LogP contribution < -0.4 is 15.8 Å². The number of methoxy groups -OCH3 is 1. The fraction of sp³-hybridized carbons (Fsp3) is 0.500. The van der Waals surface area contributed by atoms with Crippen LogP contribution in [-0.4, -0.2) is 25.1 Å². The molecule has 0 atom stereocenters. The van der Waals surface area contributed by atoms with Gasteiger partial charge in [0, 0.05) is 12.1 Å². The second kappa shape index (κ2) is 6.78. The van der Waals surface area contributed by atoms with Crippen molar-refractivity contribution in [3.8, 4) is 5.75 Å². The molecule has 0 aliphatic heterocycles. The first-order chi connectivity index (χ1) is 8.69. The average molecular weight is 285 g/mol. The molecule has 4 nitrogen and oxygen atoms in total. The van der Waals surface area contributed by atoms with Gasteiger partial charge in [-0.2, -0.15) is 0 Å². The molecule has 1 aromatic carbocycles. The van der Waals surface area contributed by atoms with E-state index in [1.165, 1.54) is 0 Å². The molecule has 0 aromatic heterocycles. The van der Waals surface area contributed by atoms with Crippen molar-refractivity contribution in [2.45, 2.75) is 31.2 Å². The summed E-state index contributed by atoms with van der Waals surface area (Å²) in [6, 6.07) is 7.12. The molecule has 1 amide bonds. The number of benzene rings is 1. The van der Waals surface area contributed by atoms with Crippen molar-refractivity contribution in [2.75, 3.05) is 13.7 Å². The lowest BCUT2D eigenvalue weighted by atomic mass is 9.97. The average Bonchev–Trinajstić information content (AvgIpc) is 2.88. The number of rotatable bonds is 4. The number of hydrogen-bond donors (Lipinski definition) is 2. The lowest BCUT2D eigenvalue weighted by Crippen LogP contribution is -2.51. The van der Waals surface area contributed by atoms with Crippen molar-refractivity contribution >= 4 is 18.3 Å². The molecule has 0 saturated heterocycles. The largest absolute Gasteiger partial charge is 0.497 e. The highest BCUT2D eigenvalue weighted by atomic mass is 35.5. The van der Waals surface area contributed by atoms with Crippen LogP contribution >= 0.6 is 12.4 Å². The number of ether oxygens (including phenoxy) is 1. The van der Waals surface area contributed by atoms with Gasteiger partial charge in [-0.1, -0.05) is 12.8 Å². The van der Waals surface area contributed by atoms with Crippen LogP contribution in [-0.2, 0) is 0 Å². The highest BCUT2D eigenvalue weighted by molar-refractivity contribution is 5.94. The smallest absolute Gasteiger partial charge is 0.251 e. The summed E-state index contributed by atoms with van der Waals surface area (Å²) in [5.74, 6) is 0.700. The number of carbonyl (C=O) groups is 1. The molecule has 106 valence electrons. The highest BCUT2D eigenvalue weighted by Gasteiger charge is 2.33. The molecule has 0 spiro atoms. The van der Waals surface area contributed by atoms with Crippen LogP contribution in [0.1, 0.15) is 36.0 Å². The lowest BCUT2D eigenvalue weighted by Gasteiger charge is -2.28. The third-order valence-corrected chi connectivity index (χ3v) is 3.68. The van der Waals surface area contributed by atoms with Gasteiger partial charge in [-0.3, -0.25) is 4.79 Å². The zero-order chi connectivity index (χ0) is 13.0. The maximum absolute atomic E-state index is 12.2. The van der Waals surface area contributed by atoms with E-state index < -0.39 is 0 Å². The Morgan fingerprint density at radius 3 is 2.37 bits per heavy atom. The van der Waals surface area contributed by atoms with E-state index in [9.17, 15) is 4.79 Å². The summed E-state index contributed by atoms with van der Waals surface area (Å²) in [7, 11) is 1.61. The number of halogens is 1. The number of carbonyl (C=O) groups excluding carboxylic acids is 1. The first-order valence-corrected chi connectivity index (χ1v) is 6.36. The van der Waals surface area contributed by atoms with Crippen molar-refractivity contribution in [1.82, 2.24) is 5.32 Å². The van der Waals surface area contributed by atoms with E-state index in [1.54, 1.807) is 31.4 Å². The maximum Gasteiger partial charge on any atom is 0.251 e. The van der Waals surface area contributed by atoms with Gasteiger partial charge in [-0.15, -0.1) is 12.4 Å². The van der Waals surface area contributed by atoms with Gasteiger partial charge in [0.15, 0.2) is 0 Å². The van der Waals surface area contributed by atoms with Crippen LogP contribution in [0.25, 0.3) is 0 Å². The van der Waals surface area contributed by atoms with Gasteiger partial charge in [0.2, 0.25) is 0 Å². The van der Waals surface area contributed by atoms with E-state index in [-0.39, 0.29) is 23.9 Å². The van der Waals surface area contributed by atoms with Crippen molar-refractivity contribution in [1.29, 1.82) is 0 Å². The quantitative estimate of drug-likeness (QED) is 0.890. The topological polar surface area (TPSA) is 64.3 Å². The molecule has 19 heavy (non-hydrogen) atoms. The minimum atomic E-state index is -0.197. The van der Waals surface area contributed by atoms with Gasteiger partial charge < -0.3 is 15.8 Å². The molecule has 0 radical (unpaired) electrons. The second-order valence-corrected chi connectivity index (χ2v) is 4.87. The second-order valence-electron chi connectivity index (χ2n) is 4.87. The molecule has 1 aliphatic carbocycles.